The minimum atomic E-state index is -4.42. The minimum absolute atomic E-state index is 0.00641. The molecule has 0 atom stereocenters. The molecule has 0 aliphatic carbocycles. The number of hydrogen-bond acceptors (Lipinski definition) is 5. The van der Waals surface area contributed by atoms with Gasteiger partial charge in [0.25, 0.3) is 0 Å². The summed E-state index contributed by atoms with van der Waals surface area (Å²) >= 11 is 1.31. The number of alkyl halides is 3. The number of halogens is 3. The first-order valence-electron chi connectivity index (χ1n) is 5.78. The molecule has 0 radical (unpaired) electrons. The zero-order chi connectivity index (χ0) is 15.5. The van der Waals surface area contributed by atoms with Crippen LogP contribution in [0.1, 0.15) is 16.2 Å². The van der Waals surface area contributed by atoms with Crippen molar-refractivity contribution in [3.8, 4) is 10.8 Å². The van der Waals surface area contributed by atoms with Crippen LogP contribution in [0.3, 0.4) is 0 Å². The topological polar surface area (TPSA) is 72.6 Å². The third kappa shape index (κ3) is 4.30. The molecule has 0 aromatic carbocycles. The molecule has 0 saturated carbocycles. The van der Waals surface area contributed by atoms with Crippen molar-refractivity contribution in [3.63, 3.8) is 0 Å². The zero-order valence-electron chi connectivity index (χ0n) is 10.5. The summed E-state index contributed by atoms with van der Waals surface area (Å²) in [5.41, 5.74) is -0.311. The molecule has 21 heavy (non-hydrogen) atoms. The number of aromatic carboxylic acids is 1. The van der Waals surface area contributed by atoms with Gasteiger partial charge in [-0.3, -0.25) is 0 Å². The molecule has 1 N–H and O–H groups in total. The van der Waals surface area contributed by atoms with Gasteiger partial charge in [-0.1, -0.05) is 6.07 Å². The molecule has 0 unspecified atom stereocenters. The van der Waals surface area contributed by atoms with Gasteiger partial charge in [-0.15, -0.1) is 11.3 Å². The SMILES string of the molecule is O=C(O)c1nc(-c2cccs2)oc1CCOCC(F)(F)F. The van der Waals surface area contributed by atoms with E-state index in [1.165, 1.54) is 11.3 Å². The van der Waals surface area contributed by atoms with Crippen LogP contribution in [-0.2, 0) is 11.2 Å². The second kappa shape index (κ2) is 6.27. The quantitative estimate of drug-likeness (QED) is 0.827. The molecule has 114 valence electrons. The maximum atomic E-state index is 11.9. The van der Waals surface area contributed by atoms with E-state index in [2.05, 4.69) is 9.72 Å². The second-order valence-electron chi connectivity index (χ2n) is 3.99. The molecule has 2 aromatic heterocycles. The fourth-order valence-electron chi connectivity index (χ4n) is 1.55. The summed E-state index contributed by atoms with van der Waals surface area (Å²) in [6.45, 7) is -1.69. The summed E-state index contributed by atoms with van der Waals surface area (Å²) in [4.78, 5) is 15.5. The lowest BCUT2D eigenvalue weighted by Crippen LogP contribution is -2.18. The number of thiophene rings is 1. The first kappa shape index (κ1) is 15.5. The zero-order valence-corrected chi connectivity index (χ0v) is 11.3. The van der Waals surface area contributed by atoms with E-state index >= 15 is 0 Å². The van der Waals surface area contributed by atoms with E-state index < -0.39 is 18.8 Å². The molecule has 2 aromatic rings. The number of ether oxygens (including phenoxy) is 1. The van der Waals surface area contributed by atoms with E-state index in [4.69, 9.17) is 9.52 Å². The first-order valence-corrected chi connectivity index (χ1v) is 6.66. The number of rotatable bonds is 6. The van der Waals surface area contributed by atoms with Crippen LogP contribution in [0.4, 0.5) is 13.2 Å². The summed E-state index contributed by atoms with van der Waals surface area (Å²) in [6, 6.07) is 3.45. The van der Waals surface area contributed by atoms with Crippen LogP contribution in [0.25, 0.3) is 10.8 Å². The van der Waals surface area contributed by atoms with Crippen LogP contribution >= 0.6 is 11.3 Å². The minimum Gasteiger partial charge on any atom is -0.476 e. The lowest BCUT2D eigenvalue weighted by molar-refractivity contribution is -0.173. The highest BCUT2D eigenvalue weighted by Crippen LogP contribution is 2.26. The van der Waals surface area contributed by atoms with Crippen LogP contribution < -0.4 is 0 Å². The fourth-order valence-corrected chi connectivity index (χ4v) is 2.20. The average molecular weight is 321 g/mol. The molecule has 5 nitrogen and oxygen atoms in total. The smallest absolute Gasteiger partial charge is 0.411 e. The van der Waals surface area contributed by atoms with Crippen molar-refractivity contribution < 1.29 is 32.2 Å². The Morgan fingerprint density at radius 1 is 1.48 bits per heavy atom. The van der Waals surface area contributed by atoms with Crippen LogP contribution in [0.5, 0.6) is 0 Å². The number of oxazole rings is 1. The Kier molecular flexibility index (Phi) is 4.63. The van der Waals surface area contributed by atoms with Gasteiger partial charge >= 0.3 is 12.1 Å². The van der Waals surface area contributed by atoms with Crippen molar-refractivity contribution in [2.24, 2.45) is 0 Å². The second-order valence-corrected chi connectivity index (χ2v) is 4.94. The molecular formula is C12H10F3NO4S. The van der Waals surface area contributed by atoms with E-state index in [1.54, 1.807) is 17.5 Å². The van der Waals surface area contributed by atoms with Crippen molar-refractivity contribution in [2.75, 3.05) is 13.2 Å². The molecule has 9 heteroatoms. The van der Waals surface area contributed by atoms with E-state index in [9.17, 15) is 18.0 Å². The third-order valence-corrected chi connectivity index (χ3v) is 3.23. The highest BCUT2D eigenvalue weighted by atomic mass is 32.1. The van der Waals surface area contributed by atoms with Gasteiger partial charge in [0.15, 0.2) is 5.69 Å². The van der Waals surface area contributed by atoms with E-state index in [0.717, 1.165) is 0 Å². The standard InChI is InChI=1S/C12H10F3NO4S/c13-12(14,15)6-19-4-3-7-9(11(17)18)16-10(20-7)8-2-1-5-21-8/h1-2,5H,3-4,6H2,(H,17,18). The molecule has 0 spiro atoms. The molecule has 0 bridgehead atoms. The predicted octanol–water partition coefficient (Wildman–Crippen LogP) is 3.22. The molecule has 0 fully saturated rings. The van der Waals surface area contributed by atoms with Gasteiger partial charge in [-0.25, -0.2) is 9.78 Å². The molecule has 0 saturated heterocycles. The maximum absolute atomic E-state index is 11.9. The lowest BCUT2D eigenvalue weighted by Gasteiger charge is -2.06. The summed E-state index contributed by atoms with van der Waals surface area (Å²) in [5.74, 6) is -1.17. The molecule has 0 aliphatic rings. The monoisotopic (exact) mass is 321 g/mol. The summed E-state index contributed by atoms with van der Waals surface area (Å²) < 4.78 is 45.5. The summed E-state index contributed by atoms with van der Waals surface area (Å²) in [5, 5.41) is 10.8. The number of carboxylic acids is 1. The number of aromatic nitrogens is 1. The molecular weight excluding hydrogens is 311 g/mol. The fraction of sp³-hybridized carbons (Fsp3) is 0.333. The lowest BCUT2D eigenvalue weighted by atomic mass is 10.3. The maximum Gasteiger partial charge on any atom is 0.411 e. The number of carboxylic acid groups (broad SMARTS) is 1. The average Bonchev–Trinajstić information content (AvgIpc) is 3.02. The van der Waals surface area contributed by atoms with Gasteiger partial charge in [0.1, 0.15) is 12.4 Å². The van der Waals surface area contributed by atoms with Gasteiger partial charge in [-0.2, -0.15) is 13.2 Å². The number of nitrogens with zero attached hydrogens (tertiary/aromatic N) is 1. The van der Waals surface area contributed by atoms with Crippen LogP contribution in [0.2, 0.25) is 0 Å². The number of hydrogen-bond donors (Lipinski definition) is 1. The van der Waals surface area contributed by atoms with Crippen molar-refractivity contribution in [1.29, 1.82) is 0 Å². The van der Waals surface area contributed by atoms with Gasteiger partial charge in [0, 0.05) is 6.42 Å². The predicted molar refractivity (Wildman–Crippen MR) is 67.4 cm³/mol. The van der Waals surface area contributed by atoms with Crippen molar-refractivity contribution >= 4 is 17.3 Å². The Morgan fingerprint density at radius 2 is 2.24 bits per heavy atom. The molecule has 2 heterocycles. The Morgan fingerprint density at radius 3 is 2.81 bits per heavy atom. The Bertz CT molecular complexity index is 607. The molecule has 0 amide bonds. The Labute approximate surface area is 121 Å². The van der Waals surface area contributed by atoms with Gasteiger partial charge in [0.05, 0.1) is 11.5 Å². The van der Waals surface area contributed by atoms with Crippen molar-refractivity contribution in [2.45, 2.75) is 12.6 Å². The highest BCUT2D eigenvalue weighted by molar-refractivity contribution is 7.13. The Balaban J connectivity index is 2.06. The van der Waals surface area contributed by atoms with Gasteiger partial charge in [-0.05, 0) is 11.4 Å². The Hall–Kier alpha value is -1.87. The van der Waals surface area contributed by atoms with E-state index in [1.807, 2.05) is 0 Å². The highest BCUT2D eigenvalue weighted by Gasteiger charge is 2.27. The molecule has 0 aliphatic heterocycles. The van der Waals surface area contributed by atoms with Gasteiger partial charge < -0.3 is 14.3 Å². The first-order chi connectivity index (χ1) is 9.87. The van der Waals surface area contributed by atoms with Crippen molar-refractivity contribution in [3.05, 3.63) is 29.0 Å². The van der Waals surface area contributed by atoms with Crippen LogP contribution in [-0.4, -0.2) is 35.4 Å². The third-order valence-electron chi connectivity index (χ3n) is 2.37. The summed E-state index contributed by atoms with van der Waals surface area (Å²) in [6.07, 6.45) is -4.52. The van der Waals surface area contributed by atoms with Crippen LogP contribution in [0, 0.1) is 0 Å². The van der Waals surface area contributed by atoms with Gasteiger partial charge in [0.2, 0.25) is 5.89 Å². The van der Waals surface area contributed by atoms with Crippen molar-refractivity contribution in [1.82, 2.24) is 4.98 Å². The van der Waals surface area contributed by atoms with E-state index in [-0.39, 0.29) is 30.4 Å². The largest absolute Gasteiger partial charge is 0.476 e. The normalized spacial score (nSPS) is 11.8. The van der Waals surface area contributed by atoms with E-state index in [0.29, 0.717) is 4.88 Å². The molecule has 2 rings (SSSR count). The van der Waals surface area contributed by atoms with Crippen LogP contribution in [0.15, 0.2) is 21.9 Å². The summed E-state index contributed by atoms with van der Waals surface area (Å²) in [7, 11) is 0. The number of carbonyl (C=O) groups is 1.